The van der Waals surface area contributed by atoms with Gasteiger partial charge in [0.05, 0.1) is 22.6 Å². The molecule has 0 saturated carbocycles. The molecule has 1 aromatic heterocycles. The first kappa shape index (κ1) is 21.1. The molecule has 3 heterocycles. The molecule has 0 bridgehead atoms. The number of nitrogens with zero attached hydrogens (tertiary/aromatic N) is 4. The number of carbonyl (C=O) groups excluding carboxylic acids is 1. The minimum atomic E-state index is -0.475. The topological polar surface area (TPSA) is 98.5 Å². The van der Waals surface area contributed by atoms with Crippen molar-refractivity contribution in [3.05, 3.63) is 75.3 Å². The van der Waals surface area contributed by atoms with Crippen LogP contribution in [0.5, 0.6) is 5.75 Å². The molecule has 1 fully saturated rings. The van der Waals surface area contributed by atoms with E-state index in [1.807, 2.05) is 32.0 Å². The van der Waals surface area contributed by atoms with Gasteiger partial charge >= 0.3 is 0 Å². The van der Waals surface area contributed by atoms with Crippen molar-refractivity contribution < 1.29 is 14.5 Å². The molecule has 0 unspecified atom stereocenters. The van der Waals surface area contributed by atoms with E-state index >= 15 is 0 Å². The van der Waals surface area contributed by atoms with Crippen LogP contribution < -0.4 is 9.64 Å². The number of anilines is 1. The molecule has 2 aromatic carbocycles. The lowest BCUT2D eigenvalue weighted by Gasteiger charge is -2.44. The van der Waals surface area contributed by atoms with Crippen LogP contribution in [0.25, 0.3) is 11.3 Å². The maximum absolute atomic E-state index is 12.9. The number of rotatable bonds is 3. The number of aromatic nitrogens is 2. The Bertz CT molecular complexity index is 1250. The molecule has 2 aliphatic rings. The van der Waals surface area contributed by atoms with Gasteiger partial charge in [0.2, 0.25) is 0 Å². The zero-order valence-corrected chi connectivity index (χ0v) is 18.6. The van der Waals surface area contributed by atoms with E-state index in [9.17, 15) is 14.9 Å². The number of piperidine rings is 1. The normalized spacial score (nSPS) is 16.9. The molecule has 0 amide bonds. The highest BCUT2D eigenvalue weighted by Crippen LogP contribution is 2.42. The highest BCUT2D eigenvalue weighted by molar-refractivity contribution is 6.01. The van der Waals surface area contributed by atoms with Crippen molar-refractivity contribution in [1.29, 1.82) is 0 Å². The summed E-state index contributed by atoms with van der Waals surface area (Å²) in [5.74, 6) is 1.62. The molecule has 0 aliphatic carbocycles. The van der Waals surface area contributed by atoms with Crippen LogP contribution in [0.15, 0.2) is 48.5 Å². The summed E-state index contributed by atoms with van der Waals surface area (Å²) in [6.07, 6.45) is 1.84. The van der Waals surface area contributed by atoms with Crippen molar-refractivity contribution in [1.82, 2.24) is 10.2 Å². The number of benzene rings is 2. The molecule has 2 aliphatic heterocycles. The van der Waals surface area contributed by atoms with Crippen LogP contribution in [-0.2, 0) is 0 Å². The average Bonchev–Trinajstić information content (AvgIpc) is 2.81. The van der Waals surface area contributed by atoms with Gasteiger partial charge < -0.3 is 9.64 Å². The van der Waals surface area contributed by atoms with Crippen LogP contribution in [0.1, 0.15) is 40.7 Å². The Hall–Kier alpha value is -3.81. The zero-order valence-electron chi connectivity index (χ0n) is 18.6. The Labute approximate surface area is 191 Å². The third-order valence-corrected chi connectivity index (χ3v) is 6.52. The molecule has 0 atom stereocenters. The zero-order chi connectivity index (χ0) is 23.2. The van der Waals surface area contributed by atoms with E-state index < -0.39 is 10.5 Å². The van der Waals surface area contributed by atoms with E-state index in [0.717, 1.165) is 35.5 Å². The van der Waals surface area contributed by atoms with Gasteiger partial charge in [0.1, 0.15) is 11.4 Å². The van der Waals surface area contributed by atoms with Gasteiger partial charge in [0, 0.05) is 43.6 Å². The van der Waals surface area contributed by atoms with Crippen molar-refractivity contribution in [2.24, 2.45) is 0 Å². The number of Topliss-reactive ketones (excluding diaryl/α,β-unsaturated/α-hetero) is 1. The highest BCUT2D eigenvalue weighted by Gasteiger charge is 2.43. The molecular formula is C25H24N4O4. The average molecular weight is 444 g/mol. The monoisotopic (exact) mass is 444 g/mol. The van der Waals surface area contributed by atoms with Crippen molar-refractivity contribution in [3.8, 4) is 17.0 Å². The second kappa shape index (κ2) is 7.95. The Morgan fingerprint density at radius 3 is 2.55 bits per heavy atom. The summed E-state index contributed by atoms with van der Waals surface area (Å²) in [7, 11) is 0. The summed E-state index contributed by atoms with van der Waals surface area (Å²) < 4.78 is 6.47. The van der Waals surface area contributed by atoms with Gasteiger partial charge in [-0.2, -0.15) is 0 Å². The lowest BCUT2D eigenvalue weighted by molar-refractivity contribution is -0.384. The van der Waals surface area contributed by atoms with Gasteiger partial charge in [-0.1, -0.05) is 18.2 Å². The van der Waals surface area contributed by atoms with Crippen LogP contribution in [0.4, 0.5) is 11.5 Å². The van der Waals surface area contributed by atoms with Gasteiger partial charge in [-0.05, 0) is 43.2 Å². The molecule has 0 radical (unpaired) electrons. The number of fused-ring (bicyclic) bond motifs is 1. The van der Waals surface area contributed by atoms with Crippen molar-refractivity contribution in [3.63, 3.8) is 0 Å². The summed E-state index contributed by atoms with van der Waals surface area (Å²) in [4.78, 5) is 25.6. The van der Waals surface area contributed by atoms with Crippen LogP contribution in [0, 0.1) is 24.0 Å². The van der Waals surface area contributed by atoms with Gasteiger partial charge in [0.25, 0.3) is 5.69 Å². The number of nitro groups is 1. The molecule has 0 N–H and O–H groups in total. The van der Waals surface area contributed by atoms with Crippen LogP contribution >= 0.6 is 0 Å². The number of non-ortho nitro benzene ring substituents is 1. The van der Waals surface area contributed by atoms with Gasteiger partial charge in [-0.25, -0.2) is 0 Å². The fourth-order valence-electron chi connectivity index (χ4n) is 4.79. The molecule has 8 nitrogen and oxygen atoms in total. The first-order chi connectivity index (χ1) is 15.8. The standard InChI is InChI=1S/C25H24N4O4/c1-16-12-17(2)24-20(13-16)22(30)15-25(33-24)8-10-28(11-9-25)23-7-6-21(26-27-23)18-4-3-5-19(14-18)29(31)32/h3-7,12-14H,8-11,15H2,1-2H3. The molecular weight excluding hydrogens is 420 g/mol. The van der Waals surface area contributed by atoms with Gasteiger partial charge in [0.15, 0.2) is 11.6 Å². The summed E-state index contributed by atoms with van der Waals surface area (Å²) >= 11 is 0. The second-order valence-electron chi connectivity index (χ2n) is 8.91. The largest absolute Gasteiger partial charge is 0.486 e. The van der Waals surface area contributed by atoms with E-state index in [1.165, 1.54) is 12.1 Å². The van der Waals surface area contributed by atoms with Crippen molar-refractivity contribution >= 4 is 17.3 Å². The number of hydrogen-bond donors (Lipinski definition) is 0. The smallest absolute Gasteiger partial charge is 0.270 e. The predicted octanol–water partition coefficient (Wildman–Crippen LogP) is 4.67. The van der Waals surface area contributed by atoms with E-state index in [1.54, 1.807) is 12.1 Å². The van der Waals surface area contributed by atoms with Crippen LogP contribution in [-0.4, -0.2) is 39.6 Å². The maximum atomic E-state index is 12.9. The second-order valence-corrected chi connectivity index (χ2v) is 8.91. The first-order valence-electron chi connectivity index (χ1n) is 11.0. The number of ether oxygens (including phenoxy) is 1. The number of nitro benzene ring substituents is 1. The third-order valence-electron chi connectivity index (χ3n) is 6.52. The number of hydrogen-bond acceptors (Lipinski definition) is 7. The van der Waals surface area contributed by atoms with Gasteiger partial charge in [-0.3, -0.25) is 14.9 Å². The molecule has 168 valence electrons. The lowest BCUT2D eigenvalue weighted by atomic mass is 9.81. The van der Waals surface area contributed by atoms with E-state index in [0.29, 0.717) is 36.3 Å². The molecule has 8 heteroatoms. The van der Waals surface area contributed by atoms with E-state index in [4.69, 9.17) is 4.74 Å². The summed E-state index contributed by atoms with van der Waals surface area (Å²) in [5.41, 5.74) is 3.55. The minimum absolute atomic E-state index is 0.0219. The number of ketones is 1. The fraction of sp³-hybridized carbons (Fsp3) is 0.320. The van der Waals surface area contributed by atoms with Crippen molar-refractivity contribution in [2.45, 2.75) is 38.7 Å². The van der Waals surface area contributed by atoms with E-state index in [2.05, 4.69) is 21.2 Å². The molecule has 5 rings (SSSR count). The van der Waals surface area contributed by atoms with E-state index in [-0.39, 0.29) is 11.5 Å². The molecule has 1 spiro atoms. The van der Waals surface area contributed by atoms with Crippen molar-refractivity contribution in [2.75, 3.05) is 18.0 Å². The van der Waals surface area contributed by atoms with Gasteiger partial charge in [-0.15, -0.1) is 10.2 Å². The summed E-state index contributed by atoms with van der Waals surface area (Å²) in [5, 5.41) is 19.7. The molecule has 33 heavy (non-hydrogen) atoms. The third kappa shape index (κ3) is 3.92. The highest BCUT2D eigenvalue weighted by atomic mass is 16.6. The number of carbonyl (C=O) groups is 1. The molecule has 3 aromatic rings. The quantitative estimate of drug-likeness (QED) is 0.427. The minimum Gasteiger partial charge on any atom is -0.486 e. The number of aryl methyl sites for hydroxylation is 2. The Kier molecular flexibility index (Phi) is 5.08. The Morgan fingerprint density at radius 2 is 1.85 bits per heavy atom. The van der Waals surface area contributed by atoms with Crippen LogP contribution in [0.2, 0.25) is 0 Å². The summed E-state index contributed by atoms with van der Waals surface area (Å²) in [6, 6.07) is 14.0. The Morgan fingerprint density at radius 1 is 1.06 bits per heavy atom. The fourth-order valence-corrected chi connectivity index (χ4v) is 4.79. The first-order valence-corrected chi connectivity index (χ1v) is 11.0. The summed E-state index contributed by atoms with van der Waals surface area (Å²) in [6.45, 7) is 5.40. The van der Waals surface area contributed by atoms with Crippen LogP contribution in [0.3, 0.4) is 0 Å². The molecule has 1 saturated heterocycles. The lowest BCUT2D eigenvalue weighted by Crippen LogP contribution is -2.51. The maximum Gasteiger partial charge on any atom is 0.270 e. The SMILES string of the molecule is Cc1cc(C)c2c(c1)C(=O)CC1(CCN(c3ccc(-c4cccc([N+](=O)[O-])c4)nn3)CC1)O2. The Balaban J connectivity index is 1.30. The predicted molar refractivity (Wildman–Crippen MR) is 124 cm³/mol.